The summed E-state index contributed by atoms with van der Waals surface area (Å²) < 4.78 is 0. The lowest BCUT2D eigenvalue weighted by Crippen LogP contribution is -2.48. The third-order valence-corrected chi connectivity index (χ3v) is 4.53. The Morgan fingerprint density at radius 3 is 2.54 bits per heavy atom. The summed E-state index contributed by atoms with van der Waals surface area (Å²) in [6, 6.07) is 5.16. The Morgan fingerprint density at radius 1 is 1.31 bits per heavy atom. The van der Waals surface area contributed by atoms with Crippen molar-refractivity contribution in [2.24, 2.45) is 5.41 Å². The van der Waals surface area contributed by atoms with Gasteiger partial charge in [0.1, 0.15) is 0 Å². The first-order valence-corrected chi connectivity index (χ1v) is 8.27. The van der Waals surface area contributed by atoms with Crippen molar-refractivity contribution in [3.63, 3.8) is 0 Å². The van der Waals surface area contributed by atoms with Gasteiger partial charge in [-0.05, 0) is 31.9 Å². The highest BCUT2D eigenvalue weighted by atomic mass is 16.6. The van der Waals surface area contributed by atoms with E-state index in [1.807, 2.05) is 0 Å². The lowest BCUT2D eigenvalue weighted by molar-refractivity contribution is -0.384. The second-order valence-corrected chi connectivity index (χ2v) is 6.59. The van der Waals surface area contributed by atoms with Crippen molar-refractivity contribution in [1.82, 2.24) is 10.2 Å². The van der Waals surface area contributed by atoms with Crippen LogP contribution in [0.15, 0.2) is 24.3 Å². The Bertz CT molecular complexity index is 718. The zero-order valence-electron chi connectivity index (χ0n) is 14.4. The number of carboxylic acid groups (broad SMARTS) is 1. The first-order chi connectivity index (χ1) is 12.2. The van der Waals surface area contributed by atoms with Crippen LogP contribution in [0, 0.1) is 15.5 Å². The average molecular weight is 363 g/mol. The van der Waals surface area contributed by atoms with Gasteiger partial charge in [-0.2, -0.15) is 0 Å². The van der Waals surface area contributed by atoms with E-state index < -0.39 is 22.2 Å². The molecule has 1 fully saturated rings. The number of carbonyl (C=O) groups is 3. The topological polar surface area (TPSA) is 130 Å². The molecule has 9 nitrogen and oxygen atoms in total. The van der Waals surface area contributed by atoms with Crippen LogP contribution in [0.25, 0.3) is 0 Å². The number of nitro benzene ring substituents is 1. The van der Waals surface area contributed by atoms with Gasteiger partial charge in [-0.3, -0.25) is 24.5 Å². The predicted octanol–water partition coefficient (Wildman–Crippen LogP) is 1.43. The molecular formula is C17H21N3O6. The number of hydrogen-bond acceptors (Lipinski definition) is 5. The summed E-state index contributed by atoms with van der Waals surface area (Å²) in [5, 5.41) is 22.5. The van der Waals surface area contributed by atoms with Crippen LogP contribution >= 0.6 is 0 Å². The molecule has 140 valence electrons. The summed E-state index contributed by atoms with van der Waals surface area (Å²) in [4.78, 5) is 47.1. The quantitative estimate of drug-likeness (QED) is 0.581. The van der Waals surface area contributed by atoms with Crippen LogP contribution in [0.2, 0.25) is 0 Å². The molecule has 1 heterocycles. The average Bonchev–Trinajstić information content (AvgIpc) is 2.61. The smallest absolute Gasteiger partial charge is 0.311 e. The van der Waals surface area contributed by atoms with Crippen molar-refractivity contribution in [3.05, 3.63) is 39.9 Å². The molecule has 1 aliphatic rings. The number of rotatable bonds is 6. The van der Waals surface area contributed by atoms with Gasteiger partial charge in [0, 0.05) is 43.8 Å². The fourth-order valence-electron chi connectivity index (χ4n) is 2.90. The van der Waals surface area contributed by atoms with Gasteiger partial charge >= 0.3 is 5.97 Å². The van der Waals surface area contributed by atoms with Gasteiger partial charge in [0.15, 0.2) is 0 Å². The second kappa shape index (κ2) is 7.94. The molecule has 0 spiro atoms. The molecule has 1 aromatic carbocycles. The van der Waals surface area contributed by atoms with Crippen molar-refractivity contribution >= 4 is 23.5 Å². The molecule has 2 N–H and O–H groups in total. The minimum Gasteiger partial charge on any atom is -0.481 e. The minimum atomic E-state index is -0.935. The van der Waals surface area contributed by atoms with E-state index in [2.05, 4.69) is 5.32 Å². The highest BCUT2D eigenvalue weighted by Gasteiger charge is 2.39. The van der Waals surface area contributed by atoms with Crippen LogP contribution in [0.3, 0.4) is 0 Å². The second-order valence-electron chi connectivity index (χ2n) is 6.59. The molecule has 1 unspecified atom stereocenters. The number of non-ortho nitro benzene ring substituents is 1. The van der Waals surface area contributed by atoms with Gasteiger partial charge in [0.25, 0.3) is 11.6 Å². The Hall–Kier alpha value is -2.97. The van der Waals surface area contributed by atoms with E-state index in [4.69, 9.17) is 0 Å². The Morgan fingerprint density at radius 2 is 1.96 bits per heavy atom. The van der Waals surface area contributed by atoms with Gasteiger partial charge in [-0.15, -0.1) is 0 Å². The van der Waals surface area contributed by atoms with Crippen molar-refractivity contribution in [1.29, 1.82) is 0 Å². The monoisotopic (exact) mass is 363 g/mol. The molecule has 0 radical (unpaired) electrons. The van der Waals surface area contributed by atoms with E-state index in [1.165, 1.54) is 29.2 Å². The molecule has 9 heteroatoms. The van der Waals surface area contributed by atoms with Gasteiger partial charge < -0.3 is 15.3 Å². The summed E-state index contributed by atoms with van der Waals surface area (Å²) in [5.41, 5.74) is -0.779. The van der Waals surface area contributed by atoms with E-state index in [1.54, 1.807) is 6.92 Å². The van der Waals surface area contributed by atoms with Gasteiger partial charge in [0.05, 0.1) is 10.3 Å². The predicted molar refractivity (Wildman–Crippen MR) is 91.6 cm³/mol. The summed E-state index contributed by atoms with van der Waals surface area (Å²) in [6.45, 7) is 2.41. The summed E-state index contributed by atoms with van der Waals surface area (Å²) in [5.74, 6) is -1.55. The molecule has 2 amide bonds. The zero-order chi connectivity index (χ0) is 19.3. The molecule has 0 aromatic heterocycles. The Kier molecular flexibility index (Phi) is 5.91. The number of nitrogens with one attached hydrogen (secondary N) is 1. The molecule has 1 saturated heterocycles. The third-order valence-electron chi connectivity index (χ3n) is 4.53. The first kappa shape index (κ1) is 19.4. The van der Waals surface area contributed by atoms with E-state index in [-0.39, 0.29) is 36.7 Å². The normalized spacial score (nSPS) is 19.7. The van der Waals surface area contributed by atoms with E-state index in [0.717, 1.165) is 0 Å². The third kappa shape index (κ3) is 4.56. The molecule has 1 aromatic rings. The molecular weight excluding hydrogens is 342 g/mol. The van der Waals surface area contributed by atoms with Crippen molar-refractivity contribution in [2.45, 2.75) is 26.2 Å². The standard InChI is InChI=1S/C17H21N3O6/c1-17(16(23)24)8-2-10-19(11-17)14(21)7-9-18-15(22)12-3-5-13(6-4-12)20(25)26/h3-6H,2,7-11H2,1H3,(H,18,22)(H,23,24). The summed E-state index contributed by atoms with van der Waals surface area (Å²) in [6.07, 6.45) is 1.22. The number of hydrogen-bond donors (Lipinski definition) is 2. The van der Waals surface area contributed by atoms with Crippen LogP contribution in [0.4, 0.5) is 5.69 Å². The van der Waals surface area contributed by atoms with Crippen molar-refractivity contribution in [2.75, 3.05) is 19.6 Å². The molecule has 26 heavy (non-hydrogen) atoms. The summed E-state index contributed by atoms with van der Waals surface area (Å²) >= 11 is 0. The number of piperidine rings is 1. The molecule has 0 saturated carbocycles. The molecule has 0 bridgehead atoms. The zero-order valence-corrected chi connectivity index (χ0v) is 14.4. The lowest BCUT2D eigenvalue weighted by Gasteiger charge is -2.37. The highest BCUT2D eigenvalue weighted by molar-refractivity contribution is 5.94. The number of aliphatic carboxylic acids is 1. The molecule has 2 rings (SSSR count). The van der Waals surface area contributed by atoms with E-state index in [9.17, 15) is 29.6 Å². The molecule has 1 atom stereocenters. The number of amides is 2. The largest absolute Gasteiger partial charge is 0.481 e. The van der Waals surface area contributed by atoms with Crippen LogP contribution < -0.4 is 5.32 Å². The molecule has 0 aliphatic carbocycles. The number of likely N-dealkylation sites (tertiary alicyclic amines) is 1. The number of carbonyl (C=O) groups excluding carboxylic acids is 2. The number of benzene rings is 1. The van der Waals surface area contributed by atoms with Gasteiger partial charge in [-0.1, -0.05) is 0 Å². The van der Waals surface area contributed by atoms with Crippen molar-refractivity contribution in [3.8, 4) is 0 Å². The van der Waals surface area contributed by atoms with Crippen LogP contribution in [0.1, 0.15) is 36.5 Å². The van der Waals surface area contributed by atoms with E-state index >= 15 is 0 Å². The maximum atomic E-state index is 12.3. The van der Waals surface area contributed by atoms with Crippen LogP contribution in [-0.4, -0.2) is 52.3 Å². The van der Waals surface area contributed by atoms with Gasteiger partial charge in [-0.25, -0.2) is 0 Å². The van der Waals surface area contributed by atoms with E-state index in [0.29, 0.717) is 19.4 Å². The number of nitro groups is 1. The van der Waals surface area contributed by atoms with Crippen molar-refractivity contribution < 1.29 is 24.4 Å². The maximum absolute atomic E-state index is 12.3. The first-order valence-electron chi connectivity index (χ1n) is 8.27. The number of nitrogens with zero attached hydrogens (tertiary/aromatic N) is 2. The lowest BCUT2D eigenvalue weighted by atomic mass is 9.82. The minimum absolute atomic E-state index is 0.0639. The number of carboxylic acids is 1. The van der Waals surface area contributed by atoms with Crippen LogP contribution in [0.5, 0.6) is 0 Å². The summed E-state index contributed by atoms with van der Waals surface area (Å²) in [7, 11) is 0. The van der Waals surface area contributed by atoms with Gasteiger partial charge in [0.2, 0.25) is 5.91 Å². The Labute approximate surface area is 150 Å². The fourth-order valence-corrected chi connectivity index (χ4v) is 2.90. The SMILES string of the molecule is CC1(C(=O)O)CCCN(C(=O)CCNC(=O)c2ccc([N+](=O)[O-])cc2)C1. The Balaban J connectivity index is 1.83. The molecule has 1 aliphatic heterocycles. The maximum Gasteiger partial charge on any atom is 0.311 e. The van der Waals surface area contributed by atoms with Crippen LogP contribution in [-0.2, 0) is 9.59 Å². The fraction of sp³-hybridized carbons (Fsp3) is 0.471. The highest BCUT2D eigenvalue weighted by Crippen LogP contribution is 2.29.